The molecule has 2 atom stereocenters. The minimum Gasteiger partial charge on any atom is -0.480 e. The number of aliphatic carboxylic acids is 1. The van der Waals surface area contributed by atoms with E-state index < -0.39 is 28.7 Å². The van der Waals surface area contributed by atoms with E-state index in [0.29, 0.717) is 0 Å². The molecule has 0 aromatic heterocycles. The zero-order chi connectivity index (χ0) is 13.1. The molecule has 0 heterocycles. The Kier molecular flexibility index (Phi) is 5.28. The Morgan fingerprint density at radius 2 is 1.81 bits per heavy atom. The van der Waals surface area contributed by atoms with Crippen LogP contribution < -0.4 is 11.1 Å². The minimum absolute atomic E-state index is 0.198. The van der Waals surface area contributed by atoms with Gasteiger partial charge in [0.15, 0.2) is 0 Å². The molecule has 6 heteroatoms. The van der Waals surface area contributed by atoms with E-state index in [0.717, 1.165) is 0 Å². The van der Waals surface area contributed by atoms with Crippen molar-refractivity contribution in [2.24, 2.45) is 11.7 Å². The number of nitrogens with two attached hydrogens (primary N) is 1. The molecule has 0 aliphatic rings. The molecular formula is C10H20N2O3S. The lowest BCUT2D eigenvalue weighted by molar-refractivity contribution is -0.143. The highest BCUT2D eigenvalue weighted by molar-refractivity contribution is 7.81. The number of nitrogens with one attached hydrogen (secondary N) is 1. The highest BCUT2D eigenvalue weighted by Gasteiger charge is 2.32. The molecule has 0 rings (SSSR count). The summed E-state index contributed by atoms with van der Waals surface area (Å²) in [5, 5.41) is 11.3. The Balaban J connectivity index is 4.60. The Hall–Kier alpha value is -0.750. The van der Waals surface area contributed by atoms with Gasteiger partial charge in [-0.15, -0.1) is 0 Å². The molecule has 0 saturated carbocycles. The standard InChI is InChI=1S/C10H20N2O3S/c1-5(2)6(9(14)15)12-8(13)7(11)10(3,4)16/h5-7,16H,11H2,1-4H3,(H,12,13)(H,14,15)/t6?,7-/m0/s1. The summed E-state index contributed by atoms with van der Waals surface area (Å²) in [6.07, 6.45) is 0. The lowest BCUT2D eigenvalue weighted by Gasteiger charge is -2.27. The van der Waals surface area contributed by atoms with Gasteiger partial charge in [-0.05, 0) is 19.8 Å². The average Bonchev–Trinajstić information content (AvgIpc) is 2.09. The monoisotopic (exact) mass is 248 g/mol. The first-order chi connectivity index (χ1) is 7.07. The molecule has 0 fully saturated rings. The molecule has 4 N–H and O–H groups in total. The van der Waals surface area contributed by atoms with Crippen LogP contribution in [0.2, 0.25) is 0 Å². The number of rotatable bonds is 5. The highest BCUT2D eigenvalue weighted by atomic mass is 32.1. The second-order valence-electron chi connectivity index (χ2n) is 4.70. The summed E-state index contributed by atoms with van der Waals surface area (Å²) in [5.41, 5.74) is 5.66. The van der Waals surface area contributed by atoms with Gasteiger partial charge in [-0.2, -0.15) is 12.6 Å². The third kappa shape index (κ3) is 4.40. The van der Waals surface area contributed by atoms with Crippen LogP contribution in [0, 0.1) is 5.92 Å². The number of carbonyl (C=O) groups excluding carboxylic acids is 1. The van der Waals surface area contributed by atoms with Crippen molar-refractivity contribution in [1.82, 2.24) is 5.32 Å². The van der Waals surface area contributed by atoms with E-state index in [1.807, 2.05) is 0 Å². The van der Waals surface area contributed by atoms with Crippen LogP contribution in [0.15, 0.2) is 0 Å². The molecule has 1 amide bonds. The first kappa shape index (κ1) is 15.2. The number of carboxylic acid groups (broad SMARTS) is 1. The van der Waals surface area contributed by atoms with Crippen molar-refractivity contribution in [1.29, 1.82) is 0 Å². The molecule has 5 nitrogen and oxygen atoms in total. The van der Waals surface area contributed by atoms with Crippen molar-refractivity contribution in [3.63, 3.8) is 0 Å². The van der Waals surface area contributed by atoms with E-state index >= 15 is 0 Å². The number of hydrogen-bond donors (Lipinski definition) is 4. The summed E-state index contributed by atoms with van der Waals surface area (Å²) >= 11 is 4.18. The van der Waals surface area contributed by atoms with Gasteiger partial charge >= 0.3 is 5.97 Å². The van der Waals surface area contributed by atoms with Crippen molar-refractivity contribution in [3.8, 4) is 0 Å². The van der Waals surface area contributed by atoms with E-state index in [2.05, 4.69) is 17.9 Å². The predicted molar refractivity (Wildman–Crippen MR) is 65.4 cm³/mol. The summed E-state index contributed by atoms with van der Waals surface area (Å²) < 4.78 is -0.690. The Morgan fingerprint density at radius 1 is 1.38 bits per heavy atom. The lowest BCUT2D eigenvalue weighted by atomic mass is 10.0. The van der Waals surface area contributed by atoms with Crippen molar-refractivity contribution in [2.45, 2.75) is 44.5 Å². The van der Waals surface area contributed by atoms with Gasteiger partial charge in [0.2, 0.25) is 5.91 Å². The quantitative estimate of drug-likeness (QED) is 0.525. The van der Waals surface area contributed by atoms with Crippen molar-refractivity contribution in [3.05, 3.63) is 0 Å². The zero-order valence-electron chi connectivity index (χ0n) is 10.0. The topological polar surface area (TPSA) is 92.4 Å². The van der Waals surface area contributed by atoms with Gasteiger partial charge < -0.3 is 16.2 Å². The molecule has 0 radical (unpaired) electrons. The Morgan fingerprint density at radius 3 is 2.06 bits per heavy atom. The fourth-order valence-electron chi connectivity index (χ4n) is 1.08. The van der Waals surface area contributed by atoms with Crippen LogP contribution in [0.1, 0.15) is 27.7 Å². The van der Waals surface area contributed by atoms with E-state index in [4.69, 9.17) is 10.8 Å². The Bertz CT molecular complexity index is 274. The molecule has 0 spiro atoms. The second kappa shape index (κ2) is 5.54. The zero-order valence-corrected chi connectivity index (χ0v) is 10.9. The van der Waals surface area contributed by atoms with Gasteiger partial charge in [0.1, 0.15) is 6.04 Å². The van der Waals surface area contributed by atoms with Crippen LogP contribution in [0.3, 0.4) is 0 Å². The van der Waals surface area contributed by atoms with Gasteiger partial charge in [0.05, 0.1) is 6.04 Å². The first-order valence-electron chi connectivity index (χ1n) is 5.08. The fraction of sp³-hybridized carbons (Fsp3) is 0.800. The van der Waals surface area contributed by atoms with Gasteiger partial charge in [0.25, 0.3) is 0 Å². The summed E-state index contributed by atoms with van der Waals surface area (Å²) in [6.45, 7) is 6.84. The minimum atomic E-state index is -1.06. The average molecular weight is 248 g/mol. The largest absolute Gasteiger partial charge is 0.480 e. The van der Waals surface area contributed by atoms with Gasteiger partial charge in [-0.25, -0.2) is 4.79 Å². The molecular weight excluding hydrogens is 228 g/mol. The number of thiol groups is 1. The smallest absolute Gasteiger partial charge is 0.326 e. The number of carboxylic acids is 1. The maximum absolute atomic E-state index is 11.7. The molecule has 1 unspecified atom stereocenters. The van der Waals surface area contributed by atoms with Gasteiger partial charge in [0, 0.05) is 4.75 Å². The van der Waals surface area contributed by atoms with E-state index in [-0.39, 0.29) is 5.92 Å². The van der Waals surface area contributed by atoms with Crippen LogP contribution in [0.25, 0.3) is 0 Å². The summed E-state index contributed by atoms with van der Waals surface area (Å²) in [6, 6.07) is -1.77. The van der Waals surface area contributed by atoms with Crippen molar-refractivity contribution in [2.75, 3.05) is 0 Å². The van der Waals surface area contributed by atoms with Crippen LogP contribution >= 0.6 is 12.6 Å². The van der Waals surface area contributed by atoms with E-state index in [1.54, 1.807) is 27.7 Å². The first-order valence-corrected chi connectivity index (χ1v) is 5.53. The number of amides is 1. The second-order valence-corrected chi connectivity index (χ2v) is 5.85. The molecule has 0 aromatic rings. The third-order valence-electron chi connectivity index (χ3n) is 2.27. The molecule has 16 heavy (non-hydrogen) atoms. The SMILES string of the molecule is CC(C)C(NC(=O)[C@H](N)C(C)(C)S)C(=O)O. The third-order valence-corrected chi connectivity index (χ3v) is 2.55. The lowest BCUT2D eigenvalue weighted by Crippen LogP contribution is -2.56. The highest BCUT2D eigenvalue weighted by Crippen LogP contribution is 2.16. The summed E-state index contributed by atoms with van der Waals surface area (Å²) in [4.78, 5) is 22.5. The molecule has 94 valence electrons. The van der Waals surface area contributed by atoms with Crippen molar-refractivity contribution >= 4 is 24.5 Å². The van der Waals surface area contributed by atoms with Crippen LogP contribution in [-0.4, -0.2) is 33.8 Å². The summed E-state index contributed by atoms with van der Waals surface area (Å²) in [5.74, 6) is -1.76. The van der Waals surface area contributed by atoms with Crippen LogP contribution in [0.5, 0.6) is 0 Å². The van der Waals surface area contributed by atoms with Crippen LogP contribution in [-0.2, 0) is 9.59 Å². The molecule has 0 aromatic carbocycles. The maximum Gasteiger partial charge on any atom is 0.326 e. The van der Waals surface area contributed by atoms with Gasteiger partial charge in [-0.3, -0.25) is 4.79 Å². The predicted octanol–water partition coefficient (Wildman–Crippen LogP) is 0.247. The summed E-state index contributed by atoms with van der Waals surface area (Å²) in [7, 11) is 0. The fourth-order valence-corrected chi connectivity index (χ4v) is 1.19. The Labute approximate surface area is 101 Å². The number of carbonyl (C=O) groups is 2. The van der Waals surface area contributed by atoms with Crippen LogP contribution in [0.4, 0.5) is 0 Å². The van der Waals surface area contributed by atoms with E-state index in [9.17, 15) is 9.59 Å². The van der Waals surface area contributed by atoms with Crippen molar-refractivity contribution < 1.29 is 14.7 Å². The van der Waals surface area contributed by atoms with Gasteiger partial charge in [-0.1, -0.05) is 13.8 Å². The molecule has 0 aliphatic carbocycles. The number of hydrogen-bond acceptors (Lipinski definition) is 4. The molecule has 0 aliphatic heterocycles. The normalized spacial score (nSPS) is 15.7. The van der Waals surface area contributed by atoms with E-state index in [1.165, 1.54) is 0 Å². The molecule has 0 bridgehead atoms. The molecule has 0 saturated heterocycles. The maximum atomic E-state index is 11.7.